The van der Waals surface area contributed by atoms with Gasteiger partial charge in [-0.1, -0.05) is 20.8 Å². The third kappa shape index (κ3) is 1.82. The monoisotopic (exact) mass is 232 g/mol. The van der Waals surface area contributed by atoms with E-state index in [2.05, 4.69) is 20.8 Å². The van der Waals surface area contributed by atoms with Crippen molar-refractivity contribution in [2.24, 2.45) is 35.5 Å². The predicted octanol–water partition coefficient (Wildman–Crippen LogP) is 2.05. The lowest BCUT2D eigenvalue weighted by Gasteiger charge is -2.36. The van der Waals surface area contributed by atoms with Gasteiger partial charge in [0.1, 0.15) is 0 Å². The van der Waals surface area contributed by atoms with Crippen LogP contribution in [0.4, 0.5) is 0 Å². The molecule has 6 unspecified atom stereocenters. The molecule has 0 spiro atoms. The van der Waals surface area contributed by atoms with Gasteiger partial charge in [0.15, 0.2) is 0 Å². The maximum absolute atomic E-state index is 11.0. The summed E-state index contributed by atoms with van der Waals surface area (Å²) in [6.07, 6.45) is 1.16. The molecule has 0 saturated heterocycles. The first kappa shape index (κ1) is 11.4. The number of hydrogen-bond acceptors (Lipinski definition) is 2. The fourth-order valence-corrected chi connectivity index (χ4v) is 5.04. The molecule has 2 rings (SSSR count). The predicted molar refractivity (Wildman–Crippen MR) is 59.0 cm³/mol. The summed E-state index contributed by atoms with van der Waals surface area (Å²) >= 11 is 0. The lowest BCUT2D eigenvalue weighted by molar-refractivity contribution is 0.140. The average molecular weight is 232 g/mol. The topological polar surface area (TPSA) is 54.4 Å². The van der Waals surface area contributed by atoms with Crippen molar-refractivity contribution < 1.29 is 13.0 Å². The average Bonchev–Trinajstić information content (AvgIpc) is 2.52. The minimum atomic E-state index is -3.80. The Bertz CT molecular complexity index is 349. The third-order valence-corrected chi connectivity index (χ3v) is 5.83. The van der Waals surface area contributed by atoms with Gasteiger partial charge in [0.05, 0.1) is 5.75 Å². The summed E-state index contributed by atoms with van der Waals surface area (Å²) in [6, 6.07) is 0. The maximum Gasteiger partial charge on any atom is 0.265 e. The molecule has 0 aliphatic heterocycles. The van der Waals surface area contributed by atoms with Crippen molar-refractivity contribution >= 4 is 10.1 Å². The Balaban J connectivity index is 2.17. The van der Waals surface area contributed by atoms with E-state index >= 15 is 0 Å². The first-order valence-electron chi connectivity index (χ1n) is 5.76. The molecule has 0 radical (unpaired) electrons. The Morgan fingerprint density at radius 1 is 1.07 bits per heavy atom. The normalized spacial score (nSPS) is 49.9. The highest BCUT2D eigenvalue weighted by Crippen LogP contribution is 2.58. The van der Waals surface area contributed by atoms with Crippen molar-refractivity contribution in [2.75, 3.05) is 5.75 Å². The zero-order valence-electron chi connectivity index (χ0n) is 9.55. The molecule has 2 bridgehead atoms. The molecule has 0 amide bonds. The molecular formula is C11H20O3S. The summed E-state index contributed by atoms with van der Waals surface area (Å²) in [6.45, 7) is 6.64. The Hall–Kier alpha value is -0.0900. The second-order valence-corrected chi connectivity index (χ2v) is 7.05. The van der Waals surface area contributed by atoms with E-state index in [9.17, 15) is 8.42 Å². The Morgan fingerprint density at radius 3 is 2.07 bits per heavy atom. The van der Waals surface area contributed by atoms with Gasteiger partial charge in [-0.25, -0.2) is 0 Å². The van der Waals surface area contributed by atoms with Crippen LogP contribution in [0.2, 0.25) is 0 Å². The molecule has 88 valence electrons. The van der Waals surface area contributed by atoms with Gasteiger partial charge in [-0.15, -0.1) is 0 Å². The van der Waals surface area contributed by atoms with Crippen LogP contribution in [0.3, 0.4) is 0 Å². The van der Waals surface area contributed by atoms with Crippen molar-refractivity contribution in [3.8, 4) is 0 Å². The van der Waals surface area contributed by atoms with E-state index in [1.807, 2.05) is 0 Å². The Morgan fingerprint density at radius 2 is 1.60 bits per heavy atom. The van der Waals surface area contributed by atoms with Gasteiger partial charge in [0.2, 0.25) is 0 Å². The van der Waals surface area contributed by atoms with Gasteiger partial charge < -0.3 is 0 Å². The van der Waals surface area contributed by atoms with E-state index in [0.717, 1.165) is 6.42 Å². The van der Waals surface area contributed by atoms with Crippen LogP contribution in [0, 0.1) is 35.5 Å². The van der Waals surface area contributed by atoms with E-state index in [1.165, 1.54) is 0 Å². The first-order valence-corrected chi connectivity index (χ1v) is 7.37. The van der Waals surface area contributed by atoms with E-state index < -0.39 is 10.1 Å². The van der Waals surface area contributed by atoms with Crippen LogP contribution in [0.1, 0.15) is 27.2 Å². The molecule has 4 heteroatoms. The smallest absolute Gasteiger partial charge is 0.265 e. The second-order valence-electron chi connectivity index (χ2n) is 5.55. The molecule has 0 aromatic carbocycles. The molecule has 1 N–H and O–H groups in total. The van der Waals surface area contributed by atoms with Gasteiger partial charge in [-0.2, -0.15) is 8.42 Å². The zero-order valence-corrected chi connectivity index (χ0v) is 10.4. The lowest BCUT2D eigenvalue weighted by Crippen LogP contribution is -2.34. The van der Waals surface area contributed by atoms with Gasteiger partial charge >= 0.3 is 0 Å². The summed E-state index contributed by atoms with van der Waals surface area (Å²) in [7, 11) is -3.80. The first-order chi connectivity index (χ1) is 6.81. The van der Waals surface area contributed by atoms with Crippen LogP contribution in [0.5, 0.6) is 0 Å². The molecule has 0 aromatic rings. The SMILES string of the molecule is CC1C(C)C2CC1C(C)C2CS(=O)(=O)O. The van der Waals surface area contributed by atoms with Gasteiger partial charge in [-0.05, 0) is 41.9 Å². The lowest BCUT2D eigenvalue weighted by atomic mass is 9.71. The largest absolute Gasteiger partial charge is 0.286 e. The molecule has 3 nitrogen and oxygen atoms in total. The van der Waals surface area contributed by atoms with Crippen LogP contribution in [0.15, 0.2) is 0 Å². The zero-order chi connectivity index (χ0) is 11.4. The minimum absolute atomic E-state index is 0.0353. The maximum atomic E-state index is 11.0. The van der Waals surface area contributed by atoms with Crippen LogP contribution in [-0.4, -0.2) is 18.7 Å². The van der Waals surface area contributed by atoms with Crippen LogP contribution in [-0.2, 0) is 10.1 Å². The summed E-state index contributed by atoms with van der Waals surface area (Å²) in [5.74, 6) is 3.07. The molecule has 2 aliphatic carbocycles. The highest BCUT2D eigenvalue weighted by molar-refractivity contribution is 7.85. The van der Waals surface area contributed by atoms with E-state index in [-0.39, 0.29) is 11.7 Å². The summed E-state index contributed by atoms with van der Waals surface area (Å²) in [5.41, 5.74) is 0. The summed E-state index contributed by atoms with van der Waals surface area (Å²) in [5, 5.41) is 0. The van der Waals surface area contributed by atoms with Crippen molar-refractivity contribution in [2.45, 2.75) is 27.2 Å². The Kier molecular flexibility index (Phi) is 2.62. The quantitative estimate of drug-likeness (QED) is 0.741. The summed E-state index contributed by atoms with van der Waals surface area (Å²) in [4.78, 5) is 0. The van der Waals surface area contributed by atoms with Gasteiger partial charge in [-0.3, -0.25) is 4.55 Å². The van der Waals surface area contributed by atoms with Crippen molar-refractivity contribution in [3.05, 3.63) is 0 Å². The Labute approximate surface area is 92.0 Å². The van der Waals surface area contributed by atoms with Gasteiger partial charge in [0, 0.05) is 0 Å². The molecule has 2 saturated carbocycles. The van der Waals surface area contributed by atoms with Crippen molar-refractivity contribution in [1.29, 1.82) is 0 Å². The number of rotatable bonds is 2. The van der Waals surface area contributed by atoms with Crippen LogP contribution >= 0.6 is 0 Å². The number of fused-ring (bicyclic) bond motifs is 2. The van der Waals surface area contributed by atoms with Crippen molar-refractivity contribution in [1.82, 2.24) is 0 Å². The van der Waals surface area contributed by atoms with E-state index in [0.29, 0.717) is 29.6 Å². The van der Waals surface area contributed by atoms with Gasteiger partial charge in [0.25, 0.3) is 10.1 Å². The fraction of sp³-hybridized carbons (Fsp3) is 1.00. The van der Waals surface area contributed by atoms with Crippen molar-refractivity contribution in [3.63, 3.8) is 0 Å². The van der Waals surface area contributed by atoms with E-state index in [4.69, 9.17) is 4.55 Å². The standard InChI is InChI=1S/C11H20O3S/c1-6-7(2)10-4-9(6)8(3)11(10)5-15(12,13)14/h6-11H,4-5H2,1-3H3,(H,12,13,14). The van der Waals surface area contributed by atoms with E-state index in [1.54, 1.807) is 0 Å². The molecule has 15 heavy (non-hydrogen) atoms. The highest BCUT2D eigenvalue weighted by Gasteiger charge is 2.53. The van der Waals surface area contributed by atoms with Crippen LogP contribution in [0.25, 0.3) is 0 Å². The fourth-order valence-electron chi connectivity index (χ4n) is 4.01. The molecule has 0 aromatic heterocycles. The number of hydrogen-bond donors (Lipinski definition) is 1. The van der Waals surface area contributed by atoms with Crippen LogP contribution < -0.4 is 0 Å². The second kappa shape index (κ2) is 3.45. The molecular weight excluding hydrogens is 212 g/mol. The minimum Gasteiger partial charge on any atom is -0.286 e. The molecule has 2 aliphatic rings. The molecule has 0 heterocycles. The highest BCUT2D eigenvalue weighted by atomic mass is 32.2. The summed E-state index contributed by atoms with van der Waals surface area (Å²) < 4.78 is 30.9. The molecule has 2 fully saturated rings. The molecule has 6 atom stereocenters. The third-order valence-electron chi connectivity index (χ3n) is 5.03.